The SMILES string of the molecule is O=C(COc1ccc(Br)cc1)N1CCN(Cc2ncn[nH]2)CC1. The summed E-state index contributed by atoms with van der Waals surface area (Å²) in [7, 11) is 0. The van der Waals surface area contributed by atoms with Crippen molar-refractivity contribution in [3.8, 4) is 5.75 Å². The lowest BCUT2D eigenvalue weighted by molar-refractivity contribution is -0.135. The lowest BCUT2D eigenvalue weighted by atomic mass is 10.3. The third kappa shape index (κ3) is 4.52. The third-order valence-corrected chi connectivity index (χ3v) is 4.27. The van der Waals surface area contributed by atoms with E-state index in [1.165, 1.54) is 6.33 Å². The zero-order chi connectivity index (χ0) is 16.1. The minimum atomic E-state index is 0.0206. The van der Waals surface area contributed by atoms with Crippen LogP contribution in [0.15, 0.2) is 35.1 Å². The molecule has 2 aromatic rings. The molecule has 1 aromatic heterocycles. The summed E-state index contributed by atoms with van der Waals surface area (Å²) in [5.41, 5.74) is 0. The first-order chi connectivity index (χ1) is 11.2. The number of nitrogens with one attached hydrogen (secondary N) is 1. The number of H-pyrrole nitrogens is 1. The molecule has 3 rings (SSSR count). The molecule has 0 unspecified atom stereocenters. The molecule has 0 aliphatic carbocycles. The topological polar surface area (TPSA) is 74.3 Å². The van der Waals surface area contributed by atoms with Crippen molar-refractivity contribution in [2.75, 3.05) is 32.8 Å². The van der Waals surface area contributed by atoms with Crippen LogP contribution in [0.4, 0.5) is 0 Å². The number of aromatic amines is 1. The number of carbonyl (C=O) groups is 1. The van der Waals surface area contributed by atoms with Gasteiger partial charge in [0.25, 0.3) is 5.91 Å². The molecule has 1 fully saturated rings. The number of hydrogen-bond donors (Lipinski definition) is 1. The number of rotatable bonds is 5. The van der Waals surface area contributed by atoms with Crippen LogP contribution in [0.1, 0.15) is 5.82 Å². The Kier molecular flexibility index (Phi) is 5.24. The average Bonchev–Trinajstić information content (AvgIpc) is 3.08. The Hall–Kier alpha value is -1.93. The van der Waals surface area contributed by atoms with Crippen molar-refractivity contribution in [1.29, 1.82) is 0 Å². The van der Waals surface area contributed by atoms with Crippen LogP contribution in [-0.4, -0.2) is 63.7 Å². The number of carbonyl (C=O) groups excluding carboxylic acids is 1. The molecule has 1 amide bonds. The second kappa shape index (κ2) is 7.56. The van der Waals surface area contributed by atoms with Gasteiger partial charge in [0.15, 0.2) is 6.61 Å². The van der Waals surface area contributed by atoms with Crippen molar-refractivity contribution in [2.24, 2.45) is 0 Å². The first-order valence-electron chi connectivity index (χ1n) is 7.43. The van der Waals surface area contributed by atoms with E-state index in [4.69, 9.17) is 4.74 Å². The molecule has 0 bridgehead atoms. The Morgan fingerprint density at radius 1 is 1.22 bits per heavy atom. The standard InChI is InChI=1S/C15H18BrN5O2/c16-12-1-3-13(4-2-12)23-10-15(22)21-7-5-20(6-8-21)9-14-17-11-18-19-14/h1-4,11H,5-10H2,(H,17,18,19). The molecule has 1 aliphatic rings. The van der Waals surface area contributed by atoms with E-state index in [0.29, 0.717) is 18.8 Å². The monoisotopic (exact) mass is 379 g/mol. The molecule has 0 spiro atoms. The minimum absolute atomic E-state index is 0.0206. The van der Waals surface area contributed by atoms with Gasteiger partial charge in [-0.2, -0.15) is 5.10 Å². The first kappa shape index (κ1) is 15.9. The van der Waals surface area contributed by atoms with Gasteiger partial charge in [-0.15, -0.1) is 0 Å². The summed E-state index contributed by atoms with van der Waals surface area (Å²) in [5.74, 6) is 1.57. The molecule has 7 nitrogen and oxygen atoms in total. The molecule has 0 radical (unpaired) electrons. The van der Waals surface area contributed by atoms with E-state index in [1.807, 2.05) is 29.2 Å². The normalized spacial score (nSPS) is 15.6. The second-order valence-corrected chi connectivity index (χ2v) is 6.25. The maximum absolute atomic E-state index is 12.2. The Labute approximate surface area is 142 Å². The highest BCUT2D eigenvalue weighted by Gasteiger charge is 2.21. The molecule has 1 saturated heterocycles. The fourth-order valence-electron chi connectivity index (χ4n) is 2.44. The van der Waals surface area contributed by atoms with Gasteiger partial charge in [0.05, 0.1) is 6.54 Å². The molecule has 0 saturated carbocycles. The van der Waals surface area contributed by atoms with Crippen molar-refractivity contribution >= 4 is 21.8 Å². The molecule has 1 aliphatic heterocycles. The van der Waals surface area contributed by atoms with Crippen molar-refractivity contribution in [3.05, 3.63) is 40.9 Å². The van der Waals surface area contributed by atoms with Gasteiger partial charge in [-0.05, 0) is 24.3 Å². The maximum Gasteiger partial charge on any atom is 0.260 e. The predicted octanol–water partition coefficient (Wildman–Crippen LogP) is 1.29. The van der Waals surface area contributed by atoms with Crippen molar-refractivity contribution in [2.45, 2.75) is 6.54 Å². The highest BCUT2D eigenvalue weighted by Crippen LogP contribution is 2.16. The van der Waals surface area contributed by atoms with Gasteiger partial charge in [0, 0.05) is 30.7 Å². The number of benzene rings is 1. The summed E-state index contributed by atoms with van der Waals surface area (Å²) in [6.45, 7) is 3.87. The van der Waals surface area contributed by atoms with Crippen LogP contribution in [0.2, 0.25) is 0 Å². The summed E-state index contributed by atoms with van der Waals surface area (Å²) >= 11 is 3.37. The number of hydrogen-bond acceptors (Lipinski definition) is 5. The summed E-state index contributed by atoms with van der Waals surface area (Å²) in [6.07, 6.45) is 1.51. The van der Waals surface area contributed by atoms with Crippen LogP contribution in [0.25, 0.3) is 0 Å². The maximum atomic E-state index is 12.2. The molecule has 2 heterocycles. The fraction of sp³-hybridized carbons (Fsp3) is 0.400. The van der Waals surface area contributed by atoms with Crippen molar-refractivity contribution < 1.29 is 9.53 Å². The molecule has 1 N–H and O–H groups in total. The van der Waals surface area contributed by atoms with Gasteiger partial charge >= 0.3 is 0 Å². The van der Waals surface area contributed by atoms with E-state index in [9.17, 15) is 4.79 Å². The number of piperazine rings is 1. The number of amides is 1. The molecule has 8 heteroatoms. The average molecular weight is 380 g/mol. The zero-order valence-corrected chi connectivity index (χ0v) is 14.2. The van der Waals surface area contributed by atoms with Gasteiger partial charge in [0.2, 0.25) is 0 Å². The highest BCUT2D eigenvalue weighted by atomic mass is 79.9. The highest BCUT2D eigenvalue weighted by molar-refractivity contribution is 9.10. The van der Waals surface area contributed by atoms with Gasteiger partial charge < -0.3 is 9.64 Å². The number of ether oxygens (including phenoxy) is 1. The molecule has 122 valence electrons. The first-order valence-corrected chi connectivity index (χ1v) is 8.23. The number of aromatic nitrogens is 3. The summed E-state index contributed by atoms with van der Waals surface area (Å²) in [6, 6.07) is 7.46. The van der Waals surface area contributed by atoms with E-state index in [2.05, 4.69) is 36.0 Å². The van der Waals surface area contributed by atoms with E-state index in [1.54, 1.807) is 0 Å². The summed E-state index contributed by atoms with van der Waals surface area (Å²) in [4.78, 5) is 20.4. The van der Waals surface area contributed by atoms with Crippen LogP contribution in [-0.2, 0) is 11.3 Å². The largest absolute Gasteiger partial charge is 0.484 e. The van der Waals surface area contributed by atoms with E-state index in [-0.39, 0.29) is 12.5 Å². The molecule has 1 aromatic carbocycles. The fourth-order valence-corrected chi connectivity index (χ4v) is 2.71. The molecular formula is C15H18BrN5O2. The van der Waals surface area contributed by atoms with Crippen molar-refractivity contribution in [3.63, 3.8) is 0 Å². The summed E-state index contributed by atoms with van der Waals surface area (Å²) < 4.78 is 6.52. The van der Waals surface area contributed by atoms with Crippen LogP contribution in [0, 0.1) is 0 Å². The van der Waals surface area contributed by atoms with Gasteiger partial charge in [-0.3, -0.25) is 14.8 Å². The Morgan fingerprint density at radius 2 is 1.96 bits per heavy atom. The third-order valence-electron chi connectivity index (χ3n) is 3.74. The van der Waals surface area contributed by atoms with Gasteiger partial charge in [-0.1, -0.05) is 15.9 Å². The van der Waals surface area contributed by atoms with E-state index < -0.39 is 0 Å². The molecule has 0 atom stereocenters. The van der Waals surface area contributed by atoms with Crippen molar-refractivity contribution in [1.82, 2.24) is 25.0 Å². The second-order valence-electron chi connectivity index (χ2n) is 5.33. The smallest absolute Gasteiger partial charge is 0.260 e. The van der Waals surface area contributed by atoms with Crippen LogP contribution in [0.3, 0.4) is 0 Å². The zero-order valence-electron chi connectivity index (χ0n) is 12.6. The number of nitrogens with zero attached hydrogens (tertiary/aromatic N) is 4. The molecular weight excluding hydrogens is 362 g/mol. The van der Waals surface area contributed by atoms with Crippen LogP contribution in [0.5, 0.6) is 5.75 Å². The minimum Gasteiger partial charge on any atom is -0.484 e. The Balaban J connectivity index is 1.42. The van der Waals surface area contributed by atoms with Crippen LogP contribution < -0.4 is 4.74 Å². The van der Waals surface area contributed by atoms with E-state index in [0.717, 1.165) is 29.9 Å². The van der Waals surface area contributed by atoms with Crippen LogP contribution >= 0.6 is 15.9 Å². The number of halogens is 1. The van der Waals surface area contributed by atoms with E-state index >= 15 is 0 Å². The molecule has 23 heavy (non-hydrogen) atoms. The quantitative estimate of drug-likeness (QED) is 0.846. The summed E-state index contributed by atoms with van der Waals surface area (Å²) in [5, 5.41) is 6.70. The lowest BCUT2D eigenvalue weighted by Gasteiger charge is -2.34. The predicted molar refractivity (Wildman–Crippen MR) is 87.9 cm³/mol. The van der Waals surface area contributed by atoms with Gasteiger partial charge in [-0.25, -0.2) is 4.98 Å². The Morgan fingerprint density at radius 3 is 2.61 bits per heavy atom. The lowest BCUT2D eigenvalue weighted by Crippen LogP contribution is -2.49. The Bertz CT molecular complexity index is 624. The van der Waals surface area contributed by atoms with Gasteiger partial charge in [0.1, 0.15) is 17.9 Å².